The minimum atomic E-state index is -4.96. The minimum Gasteiger partial charge on any atom is -0.462 e. The smallest absolute Gasteiger partial charge is 0.462 e. The fourth-order valence-corrected chi connectivity index (χ4v) is 14.9. The number of unbranched alkanes of at least 4 members (excludes halogenated alkanes) is 57. The van der Waals surface area contributed by atoms with Crippen molar-refractivity contribution in [3.8, 4) is 0 Å². The van der Waals surface area contributed by atoms with Crippen LogP contribution in [0, 0.1) is 5.92 Å². The number of carbonyl (C=O) groups excluding carboxylic acids is 4. The normalized spacial score (nSPS) is 13.8. The van der Waals surface area contributed by atoms with Crippen LogP contribution in [-0.2, 0) is 65.4 Å². The summed E-state index contributed by atoms with van der Waals surface area (Å²) in [7, 11) is -9.92. The van der Waals surface area contributed by atoms with E-state index in [9.17, 15) is 43.2 Å². The lowest BCUT2D eigenvalue weighted by atomic mass is 10.0. The maximum atomic E-state index is 13.1. The Labute approximate surface area is 638 Å². The van der Waals surface area contributed by atoms with Crippen molar-refractivity contribution in [2.75, 3.05) is 39.6 Å². The lowest BCUT2D eigenvalue weighted by molar-refractivity contribution is -0.161. The fourth-order valence-electron chi connectivity index (χ4n) is 13.3. The zero-order valence-electron chi connectivity index (χ0n) is 68.2. The van der Waals surface area contributed by atoms with Crippen LogP contribution in [0.1, 0.15) is 458 Å². The third-order valence-corrected chi connectivity index (χ3v) is 21.9. The molecule has 104 heavy (non-hydrogen) atoms. The highest BCUT2D eigenvalue weighted by Crippen LogP contribution is 2.45. The van der Waals surface area contributed by atoms with Gasteiger partial charge in [0.05, 0.1) is 26.4 Å². The molecule has 0 amide bonds. The molecule has 0 aliphatic heterocycles. The van der Waals surface area contributed by atoms with Crippen molar-refractivity contribution in [2.45, 2.75) is 477 Å². The molecule has 2 unspecified atom stereocenters. The van der Waals surface area contributed by atoms with Crippen LogP contribution >= 0.6 is 15.6 Å². The van der Waals surface area contributed by atoms with Crippen molar-refractivity contribution < 1.29 is 80.2 Å². The summed E-state index contributed by atoms with van der Waals surface area (Å²) in [6, 6.07) is 0. The van der Waals surface area contributed by atoms with Gasteiger partial charge in [-0.05, 0) is 31.6 Å². The molecule has 5 atom stereocenters. The number of rotatable bonds is 85. The molecule has 0 rings (SSSR count). The third kappa shape index (κ3) is 78.2. The standard InChI is InChI=1S/C85H166O17P2/c1-6-9-12-15-18-21-24-27-29-31-33-35-37-39-41-44-49-54-59-64-69-83(88)96-74-80(101-84(89)70-65-60-55-50-45-42-40-38-36-34-32-30-28-25-22-19-16-13-10-7-2)76-99-103(91,92)97-72-79(86)73-98-104(93,94)100-77-81(102-85(90)71-66-61-56-51-46-47-52-57-62-67-78(4)5)75-95-82(87)68-63-58-53-48-43-26-23-20-17-14-11-8-3/h78-81,86H,6-77H2,1-5H3,(H,91,92)(H,93,94)/t79-,80-,81-/m1/s1. The summed E-state index contributed by atoms with van der Waals surface area (Å²) >= 11 is 0. The van der Waals surface area contributed by atoms with Gasteiger partial charge in [-0.3, -0.25) is 37.3 Å². The van der Waals surface area contributed by atoms with E-state index in [4.69, 9.17) is 37.0 Å². The van der Waals surface area contributed by atoms with Crippen molar-refractivity contribution in [3.63, 3.8) is 0 Å². The lowest BCUT2D eigenvalue weighted by Gasteiger charge is -2.21. The molecule has 0 fully saturated rings. The minimum absolute atomic E-state index is 0.106. The van der Waals surface area contributed by atoms with E-state index in [1.54, 1.807) is 0 Å². The Kier molecular flexibility index (Phi) is 76.3. The van der Waals surface area contributed by atoms with Crippen molar-refractivity contribution in [1.82, 2.24) is 0 Å². The molecule has 618 valence electrons. The first-order chi connectivity index (χ1) is 50.5. The fraction of sp³-hybridized carbons (Fsp3) is 0.953. The Morgan fingerprint density at radius 1 is 0.260 bits per heavy atom. The van der Waals surface area contributed by atoms with Crippen LogP contribution in [0.4, 0.5) is 0 Å². The topological polar surface area (TPSA) is 237 Å². The second-order valence-electron chi connectivity index (χ2n) is 31.1. The van der Waals surface area contributed by atoms with Crippen molar-refractivity contribution in [3.05, 3.63) is 0 Å². The maximum Gasteiger partial charge on any atom is 0.472 e. The highest BCUT2D eigenvalue weighted by Gasteiger charge is 2.30. The van der Waals surface area contributed by atoms with E-state index in [1.165, 1.54) is 283 Å². The van der Waals surface area contributed by atoms with Gasteiger partial charge in [-0.25, -0.2) is 9.13 Å². The molecule has 0 aromatic rings. The Hall–Kier alpha value is -1.94. The molecule has 3 N–H and O–H groups in total. The quantitative estimate of drug-likeness (QED) is 0.0222. The van der Waals surface area contributed by atoms with E-state index in [0.717, 1.165) is 95.8 Å². The molecule has 17 nitrogen and oxygen atoms in total. The summed E-state index contributed by atoms with van der Waals surface area (Å²) in [5.41, 5.74) is 0. The molecule has 0 aromatic carbocycles. The maximum absolute atomic E-state index is 13.1. The van der Waals surface area contributed by atoms with E-state index in [0.29, 0.717) is 25.7 Å². The molecule has 0 aromatic heterocycles. The van der Waals surface area contributed by atoms with Gasteiger partial charge in [-0.2, -0.15) is 0 Å². The summed E-state index contributed by atoms with van der Waals surface area (Å²) < 4.78 is 68.8. The van der Waals surface area contributed by atoms with Crippen LogP contribution in [0.25, 0.3) is 0 Å². The Morgan fingerprint density at radius 2 is 0.442 bits per heavy atom. The summed E-state index contributed by atoms with van der Waals surface area (Å²) in [5.74, 6) is -1.37. The molecular formula is C85H166O17P2. The zero-order chi connectivity index (χ0) is 76.2. The predicted octanol–water partition coefficient (Wildman–Crippen LogP) is 26.0. The van der Waals surface area contributed by atoms with Gasteiger partial charge in [0.1, 0.15) is 19.3 Å². The first-order valence-corrected chi connectivity index (χ1v) is 47.1. The van der Waals surface area contributed by atoms with Gasteiger partial charge in [0.15, 0.2) is 12.2 Å². The van der Waals surface area contributed by atoms with Crippen LogP contribution in [-0.4, -0.2) is 96.7 Å². The molecule has 0 saturated heterocycles. The van der Waals surface area contributed by atoms with Crippen LogP contribution in [0.3, 0.4) is 0 Å². The molecule has 0 radical (unpaired) electrons. The lowest BCUT2D eigenvalue weighted by Crippen LogP contribution is -2.30. The summed E-state index contributed by atoms with van der Waals surface area (Å²) in [6.45, 7) is 7.33. The van der Waals surface area contributed by atoms with Gasteiger partial charge >= 0.3 is 39.5 Å². The van der Waals surface area contributed by atoms with E-state index >= 15 is 0 Å². The molecule has 0 aliphatic carbocycles. The van der Waals surface area contributed by atoms with E-state index < -0.39 is 97.5 Å². The molecule has 0 bridgehead atoms. The predicted molar refractivity (Wildman–Crippen MR) is 428 cm³/mol. The highest BCUT2D eigenvalue weighted by atomic mass is 31.2. The SMILES string of the molecule is CCCCCCCCCCCCCCCCCCCCCCC(=O)OC[C@H](COP(=O)(O)OC[C@@H](O)COP(=O)(O)OC[C@@H](COC(=O)CCCCCCCCCCCCCC)OC(=O)CCCCCCCCCCCC(C)C)OC(=O)CCCCCCCCCCCCCCCCCCCCCC. The number of hydrogen-bond donors (Lipinski definition) is 3. The number of phosphoric ester groups is 2. The van der Waals surface area contributed by atoms with Crippen LogP contribution in [0.2, 0.25) is 0 Å². The molecule has 0 saturated carbocycles. The van der Waals surface area contributed by atoms with Gasteiger partial charge in [0.25, 0.3) is 0 Å². The average Bonchev–Trinajstić information content (AvgIpc) is 0.917. The molecular weight excluding hydrogens is 1350 g/mol. The molecule has 0 heterocycles. The summed E-state index contributed by atoms with van der Waals surface area (Å²) in [4.78, 5) is 73.2. The van der Waals surface area contributed by atoms with Crippen LogP contribution < -0.4 is 0 Å². The molecule has 19 heteroatoms. The highest BCUT2D eigenvalue weighted by molar-refractivity contribution is 7.47. The number of carbonyl (C=O) groups is 4. The van der Waals surface area contributed by atoms with Crippen molar-refractivity contribution >= 4 is 39.5 Å². The Balaban J connectivity index is 5.22. The van der Waals surface area contributed by atoms with Gasteiger partial charge in [-0.15, -0.1) is 0 Å². The number of esters is 4. The van der Waals surface area contributed by atoms with E-state index in [-0.39, 0.29) is 25.7 Å². The first-order valence-electron chi connectivity index (χ1n) is 44.1. The number of phosphoric acid groups is 2. The zero-order valence-corrected chi connectivity index (χ0v) is 70.0. The van der Waals surface area contributed by atoms with Gasteiger partial charge < -0.3 is 33.8 Å². The second kappa shape index (κ2) is 77.8. The van der Waals surface area contributed by atoms with E-state index in [1.807, 2.05) is 0 Å². The van der Waals surface area contributed by atoms with Crippen molar-refractivity contribution in [1.29, 1.82) is 0 Å². The van der Waals surface area contributed by atoms with Crippen molar-refractivity contribution in [2.24, 2.45) is 5.92 Å². The van der Waals surface area contributed by atoms with Gasteiger partial charge in [0, 0.05) is 25.7 Å². The van der Waals surface area contributed by atoms with E-state index in [2.05, 4.69) is 34.6 Å². The second-order valence-corrected chi connectivity index (χ2v) is 34.0. The molecule has 0 spiro atoms. The Morgan fingerprint density at radius 3 is 0.654 bits per heavy atom. The van der Waals surface area contributed by atoms with Gasteiger partial charge in [-0.1, -0.05) is 407 Å². The largest absolute Gasteiger partial charge is 0.472 e. The molecule has 0 aliphatic rings. The summed E-state index contributed by atoms with van der Waals surface area (Å²) in [5, 5.41) is 10.7. The number of ether oxygens (including phenoxy) is 4. The number of aliphatic hydroxyl groups is 1. The van der Waals surface area contributed by atoms with Gasteiger partial charge in [0.2, 0.25) is 0 Å². The first kappa shape index (κ1) is 102. The summed E-state index contributed by atoms with van der Waals surface area (Å²) in [6.07, 6.45) is 70.9. The average molecular weight is 1520 g/mol. The van der Waals surface area contributed by atoms with Crippen LogP contribution in [0.15, 0.2) is 0 Å². The third-order valence-electron chi connectivity index (χ3n) is 20.0. The number of aliphatic hydroxyl groups excluding tert-OH is 1. The van der Waals surface area contributed by atoms with Crippen LogP contribution in [0.5, 0.6) is 0 Å². The number of hydrogen-bond acceptors (Lipinski definition) is 15. The Bertz CT molecular complexity index is 1980. The monoisotopic (exact) mass is 1520 g/mol.